The van der Waals surface area contributed by atoms with Crippen molar-refractivity contribution in [2.45, 2.75) is 128 Å². The molecule has 1 heterocycles. The highest BCUT2D eigenvalue weighted by Gasteiger charge is 2.44. The molecule has 1 aromatic rings. The monoisotopic (exact) mass is 862 g/mol. The minimum atomic E-state index is -5.07. The lowest BCUT2D eigenvalue weighted by Crippen LogP contribution is -2.59. The average molecular weight is 863 g/mol. The number of hydrogen-bond acceptors (Lipinski definition) is 10. The summed E-state index contributed by atoms with van der Waals surface area (Å²) in [6.45, 7) is 12.9. The van der Waals surface area contributed by atoms with Crippen LogP contribution in [0.25, 0.3) is 0 Å². The van der Waals surface area contributed by atoms with Gasteiger partial charge in [-0.2, -0.15) is 13.2 Å². The minimum Gasteiger partial charge on any atom is -0.379 e. The van der Waals surface area contributed by atoms with Crippen LogP contribution in [0.1, 0.15) is 79.7 Å². The molecule has 336 valence electrons. The van der Waals surface area contributed by atoms with Gasteiger partial charge in [-0.3, -0.25) is 28.9 Å². The first kappa shape index (κ1) is 51.3. The van der Waals surface area contributed by atoms with E-state index in [1.807, 2.05) is 65.3 Å². The number of hydrogen-bond donors (Lipinski definition) is 3. The summed E-state index contributed by atoms with van der Waals surface area (Å²) in [5.74, 6) is -5.35. The zero-order valence-electron chi connectivity index (χ0n) is 36.4. The SMILES string of the molecule is CC[C@H](C)[C@@H]([C@@H](CC(=O)N1CCCC1[C@H](OC)[C@@H](C)C(=O)NS(=O)(=O)c1ccc(CNC(=O)C(F)(F)F)cc1)OC)N(C)C(=O)[C@@H](NC(=O)[C@H](C(C)C)N(C)C)C(C)C. The van der Waals surface area contributed by atoms with E-state index in [1.54, 1.807) is 22.2 Å². The first-order chi connectivity index (χ1) is 27.3. The predicted molar refractivity (Wildman–Crippen MR) is 215 cm³/mol. The van der Waals surface area contributed by atoms with Gasteiger partial charge in [-0.05, 0) is 62.4 Å². The average Bonchev–Trinajstić information content (AvgIpc) is 3.64. The molecule has 5 amide bonds. The van der Waals surface area contributed by atoms with Crippen LogP contribution in [0.5, 0.6) is 0 Å². The van der Waals surface area contributed by atoms with Gasteiger partial charge in [0, 0.05) is 34.4 Å². The Kier molecular flexibility index (Phi) is 19.3. The van der Waals surface area contributed by atoms with Gasteiger partial charge >= 0.3 is 12.1 Å². The van der Waals surface area contributed by atoms with E-state index in [-0.39, 0.29) is 52.4 Å². The second kappa shape index (κ2) is 22.2. The molecule has 0 radical (unpaired) electrons. The van der Waals surface area contributed by atoms with E-state index in [2.05, 4.69) is 5.32 Å². The lowest BCUT2D eigenvalue weighted by atomic mass is 9.89. The zero-order chi connectivity index (χ0) is 45.2. The largest absolute Gasteiger partial charge is 0.471 e. The smallest absolute Gasteiger partial charge is 0.379 e. The molecule has 1 saturated heterocycles. The number of nitrogens with one attached hydrogen (secondary N) is 3. The molecule has 0 aromatic heterocycles. The van der Waals surface area contributed by atoms with Crippen LogP contribution in [0.2, 0.25) is 0 Å². The Morgan fingerprint density at radius 3 is 1.98 bits per heavy atom. The Hall–Kier alpha value is -3.81. The third-order valence-corrected chi connectivity index (χ3v) is 12.5. The second-order valence-electron chi connectivity index (χ2n) is 16.3. The van der Waals surface area contributed by atoms with Crippen LogP contribution >= 0.6 is 0 Å². The number of rotatable bonds is 21. The number of halogens is 3. The van der Waals surface area contributed by atoms with Crippen molar-refractivity contribution in [2.75, 3.05) is 41.9 Å². The molecule has 15 nitrogen and oxygen atoms in total. The van der Waals surface area contributed by atoms with Crippen LogP contribution in [-0.4, -0.2) is 137 Å². The highest BCUT2D eigenvalue weighted by molar-refractivity contribution is 7.90. The van der Waals surface area contributed by atoms with E-state index in [9.17, 15) is 45.6 Å². The van der Waals surface area contributed by atoms with Crippen molar-refractivity contribution < 1.29 is 55.0 Å². The summed E-state index contributed by atoms with van der Waals surface area (Å²) in [5.41, 5.74) is 0.194. The Morgan fingerprint density at radius 1 is 0.915 bits per heavy atom. The van der Waals surface area contributed by atoms with Gasteiger partial charge in [0.2, 0.25) is 23.6 Å². The fraction of sp³-hybridized carbons (Fsp3) is 0.725. The highest BCUT2D eigenvalue weighted by Crippen LogP contribution is 2.30. The first-order valence-corrected chi connectivity index (χ1v) is 21.4. The van der Waals surface area contributed by atoms with E-state index in [4.69, 9.17) is 9.47 Å². The maximum atomic E-state index is 14.2. The number of benzene rings is 1. The third-order valence-electron chi connectivity index (χ3n) is 11.1. The Balaban J connectivity index is 2.25. The topological polar surface area (TPSA) is 184 Å². The summed E-state index contributed by atoms with van der Waals surface area (Å²) < 4.78 is 77.6. The van der Waals surface area contributed by atoms with Crippen LogP contribution in [0.15, 0.2) is 29.2 Å². The van der Waals surface area contributed by atoms with Gasteiger partial charge in [-0.1, -0.05) is 67.0 Å². The number of methoxy groups -OCH3 is 2. The number of carbonyl (C=O) groups excluding carboxylic acids is 5. The van der Waals surface area contributed by atoms with Crippen molar-refractivity contribution in [3.8, 4) is 0 Å². The molecular formula is C40H65F3N6O9S. The third kappa shape index (κ3) is 13.6. The Morgan fingerprint density at radius 2 is 1.51 bits per heavy atom. The molecule has 1 unspecified atom stereocenters. The molecular weight excluding hydrogens is 798 g/mol. The molecule has 3 N–H and O–H groups in total. The van der Waals surface area contributed by atoms with Gasteiger partial charge in [0.15, 0.2) is 0 Å². The molecule has 19 heteroatoms. The molecule has 2 rings (SSSR count). The van der Waals surface area contributed by atoms with Crippen molar-refractivity contribution in [3.05, 3.63) is 29.8 Å². The summed E-state index contributed by atoms with van der Waals surface area (Å²) >= 11 is 0. The summed E-state index contributed by atoms with van der Waals surface area (Å²) in [4.78, 5) is 71.0. The summed E-state index contributed by atoms with van der Waals surface area (Å²) in [5, 5.41) is 4.68. The number of likely N-dealkylation sites (N-methyl/N-ethyl adjacent to an activating group) is 2. The van der Waals surface area contributed by atoms with E-state index < -0.39 is 76.9 Å². The van der Waals surface area contributed by atoms with Gasteiger partial charge < -0.3 is 29.9 Å². The number of alkyl halides is 3. The molecule has 0 bridgehead atoms. The van der Waals surface area contributed by atoms with Crippen molar-refractivity contribution in [1.29, 1.82) is 0 Å². The van der Waals surface area contributed by atoms with Crippen molar-refractivity contribution in [3.63, 3.8) is 0 Å². The lowest BCUT2D eigenvalue weighted by molar-refractivity contribution is -0.173. The van der Waals surface area contributed by atoms with Crippen LogP contribution in [0.3, 0.4) is 0 Å². The van der Waals surface area contributed by atoms with E-state index in [0.717, 1.165) is 12.1 Å². The van der Waals surface area contributed by atoms with Crippen molar-refractivity contribution in [2.24, 2.45) is 23.7 Å². The van der Waals surface area contributed by atoms with Gasteiger partial charge in [-0.15, -0.1) is 0 Å². The second-order valence-corrected chi connectivity index (χ2v) is 17.9. The standard InChI is InChI=1S/C40H65F3N6O9S/c1-13-25(6)34(48(10)38(53)32(23(2)3)45-37(52)33(24(4)5)47(8)9)30(57-11)21-31(50)49-20-14-15-29(49)35(58-12)26(7)36(51)46-59(55,56)28-18-16-27(17-19-28)22-44-39(54)40(41,42)43/h16-19,23-26,29-30,32-35H,13-15,20-22H2,1-12H3,(H,44,54)(H,45,52)(H,46,51)/t25-,26+,29?,30+,32-,33-,34-,35+/m0/s1. The van der Waals surface area contributed by atoms with E-state index in [0.29, 0.717) is 25.8 Å². The molecule has 0 aliphatic carbocycles. The quantitative estimate of drug-likeness (QED) is 0.166. The summed E-state index contributed by atoms with van der Waals surface area (Å²) in [6.07, 6.45) is -5.15. The van der Waals surface area contributed by atoms with Gasteiger partial charge in [0.25, 0.3) is 10.0 Å². The Bertz CT molecular complexity index is 1690. The maximum Gasteiger partial charge on any atom is 0.471 e. The molecule has 59 heavy (non-hydrogen) atoms. The van der Waals surface area contributed by atoms with Gasteiger partial charge in [0.05, 0.1) is 47.6 Å². The number of ether oxygens (including phenoxy) is 2. The fourth-order valence-corrected chi connectivity index (χ4v) is 8.83. The lowest BCUT2D eigenvalue weighted by Gasteiger charge is -2.41. The van der Waals surface area contributed by atoms with E-state index >= 15 is 0 Å². The van der Waals surface area contributed by atoms with Crippen LogP contribution in [-0.2, 0) is 50.0 Å². The fourth-order valence-electron chi connectivity index (χ4n) is 7.76. The van der Waals surface area contributed by atoms with Gasteiger partial charge in [0.1, 0.15) is 6.04 Å². The Labute approximate surface area is 347 Å². The number of carbonyl (C=O) groups is 5. The zero-order valence-corrected chi connectivity index (χ0v) is 37.2. The minimum absolute atomic E-state index is 0.00621. The molecule has 1 aliphatic rings. The molecule has 1 aliphatic heterocycles. The summed E-state index contributed by atoms with van der Waals surface area (Å²) in [7, 11) is 3.69. The molecule has 1 aromatic carbocycles. The predicted octanol–water partition coefficient (Wildman–Crippen LogP) is 3.32. The van der Waals surface area contributed by atoms with Crippen LogP contribution in [0, 0.1) is 23.7 Å². The first-order valence-electron chi connectivity index (χ1n) is 19.9. The maximum absolute atomic E-state index is 14.2. The molecule has 1 fully saturated rings. The van der Waals surface area contributed by atoms with Gasteiger partial charge in [-0.25, -0.2) is 13.1 Å². The van der Waals surface area contributed by atoms with E-state index in [1.165, 1.54) is 33.3 Å². The number of amides is 5. The number of likely N-dealkylation sites (tertiary alicyclic amines) is 1. The van der Waals surface area contributed by atoms with Crippen LogP contribution in [0.4, 0.5) is 13.2 Å². The van der Waals surface area contributed by atoms with Crippen molar-refractivity contribution in [1.82, 2.24) is 30.1 Å². The van der Waals surface area contributed by atoms with Crippen LogP contribution < -0.4 is 15.4 Å². The molecule has 0 saturated carbocycles. The van der Waals surface area contributed by atoms with Crippen molar-refractivity contribution >= 4 is 39.6 Å². The number of sulfonamides is 1. The number of nitrogens with zero attached hydrogens (tertiary/aromatic N) is 3. The molecule has 0 spiro atoms. The summed E-state index contributed by atoms with van der Waals surface area (Å²) in [6, 6.07) is 2.15. The normalized spacial score (nSPS) is 18.5. The molecule has 8 atom stereocenters. The highest BCUT2D eigenvalue weighted by atomic mass is 32.2.